The Hall–Kier alpha value is -1.30. The smallest absolute Gasteiger partial charge is 0.0244 e. The zero-order chi connectivity index (χ0) is 10.9. The lowest BCUT2D eigenvalue weighted by molar-refractivity contribution is 0.962. The summed E-state index contributed by atoms with van der Waals surface area (Å²) in [5, 5.41) is 0. The Balaban J connectivity index is 0.000000151. The fourth-order valence-electron chi connectivity index (χ4n) is 1.51. The lowest BCUT2D eigenvalue weighted by Gasteiger charge is -2.00. The van der Waals surface area contributed by atoms with E-state index >= 15 is 0 Å². The molecule has 0 amide bonds. The summed E-state index contributed by atoms with van der Waals surface area (Å²) in [6, 6.07) is 0. The van der Waals surface area contributed by atoms with Gasteiger partial charge in [-0.05, 0) is 38.2 Å². The number of hydrogen-bond acceptors (Lipinski definition) is 0. The van der Waals surface area contributed by atoms with Crippen LogP contribution < -0.4 is 0 Å². The molecule has 0 radical (unpaired) electrons. The molecule has 0 heterocycles. The van der Waals surface area contributed by atoms with Crippen molar-refractivity contribution in [1.29, 1.82) is 0 Å². The molecule has 0 saturated heterocycles. The summed E-state index contributed by atoms with van der Waals surface area (Å²) in [4.78, 5) is 0. The Labute approximate surface area is 93.4 Å². The Morgan fingerprint density at radius 1 is 1.07 bits per heavy atom. The molecule has 0 N–H and O–H groups in total. The molecular weight excluding hydrogens is 180 g/mol. The van der Waals surface area contributed by atoms with E-state index in [-0.39, 0.29) is 0 Å². The standard InChI is InChI=1S/C8H10.C7H10/c1-2-8-6-4-3-5-7-8;1-7-5-3-2-4-6-7/h2-4,6H,1,5,7H2;2-3,5H,4,6H2,1H3. The third kappa shape index (κ3) is 5.21. The van der Waals surface area contributed by atoms with E-state index in [0.717, 1.165) is 0 Å². The van der Waals surface area contributed by atoms with E-state index in [0.29, 0.717) is 0 Å². The number of allylic oxidation sites excluding steroid dienone is 9. The molecule has 0 aromatic carbocycles. The number of rotatable bonds is 1. The van der Waals surface area contributed by atoms with Crippen LogP contribution in [0.3, 0.4) is 0 Å². The van der Waals surface area contributed by atoms with Crippen molar-refractivity contribution in [3.8, 4) is 0 Å². The third-order valence-electron chi connectivity index (χ3n) is 2.53. The maximum atomic E-state index is 3.68. The zero-order valence-corrected chi connectivity index (χ0v) is 9.58. The van der Waals surface area contributed by atoms with Gasteiger partial charge in [0.15, 0.2) is 0 Å². The minimum atomic E-state index is 1.17. The van der Waals surface area contributed by atoms with Gasteiger partial charge < -0.3 is 0 Å². The minimum Gasteiger partial charge on any atom is -0.0988 e. The van der Waals surface area contributed by atoms with Gasteiger partial charge in [0, 0.05) is 0 Å². The first kappa shape index (κ1) is 11.8. The Morgan fingerprint density at radius 2 is 1.73 bits per heavy atom. The molecule has 0 spiro atoms. The van der Waals surface area contributed by atoms with Crippen LogP contribution in [0.25, 0.3) is 0 Å². The van der Waals surface area contributed by atoms with Gasteiger partial charge in [0.1, 0.15) is 0 Å². The average Bonchev–Trinajstić information content (AvgIpc) is 2.32. The Bertz CT molecular complexity index is 311. The number of hydrogen-bond donors (Lipinski definition) is 0. The molecule has 0 nitrogen and oxygen atoms in total. The molecule has 0 aromatic rings. The summed E-state index contributed by atoms with van der Waals surface area (Å²) in [6.07, 6.45) is 19.6. The van der Waals surface area contributed by atoms with E-state index in [9.17, 15) is 0 Å². The summed E-state index contributed by atoms with van der Waals surface area (Å²) >= 11 is 0. The highest BCUT2D eigenvalue weighted by Crippen LogP contribution is 2.11. The molecule has 0 atom stereocenters. The van der Waals surface area contributed by atoms with Crippen LogP contribution >= 0.6 is 0 Å². The van der Waals surface area contributed by atoms with Gasteiger partial charge in [-0.3, -0.25) is 0 Å². The molecule has 15 heavy (non-hydrogen) atoms. The van der Waals surface area contributed by atoms with E-state index in [4.69, 9.17) is 0 Å². The van der Waals surface area contributed by atoms with Crippen LogP contribution in [0.15, 0.2) is 60.3 Å². The second kappa shape index (κ2) is 7.05. The normalized spacial score (nSPS) is 18.5. The molecule has 0 bridgehead atoms. The second-order valence-electron chi connectivity index (χ2n) is 3.89. The van der Waals surface area contributed by atoms with E-state index in [1.54, 1.807) is 0 Å². The van der Waals surface area contributed by atoms with Crippen molar-refractivity contribution in [2.75, 3.05) is 0 Å². The lowest BCUT2D eigenvalue weighted by Crippen LogP contribution is -1.80. The van der Waals surface area contributed by atoms with Crippen LogP contribution in [0, 0.1) is 0 Å². The molecule has 80 valence electrons. The zero-order valence-electron chi connectivity index (χ0n) is 9.58. The van der Waals surface area contributed by atoms with Crippen LogP contribution in [0.5, 0.6) is 0 Å². The summed E-state index contributed by atoms with van der Waals surface area (Å²) in [5.74, 6) is 0. The second-order valence-corrected chi connectivity index (χ2v) is 3.89. The van der Waals surface area contributed by atoms with Gasteiger partial charge in [-0.25, -0.2) is 0 Å². The predicted octanol–water partition coefficient (Wildman–Crippen LogP) is 4.73. The fraction of sp³-hybridized carbons (Fsp3) is 0.333. The molecule has 2 rings (SSSR count). The summed E-state index contributed by atoms with van der Waals surface area (Å²) in [6.45, 7) is 5.85. The molecule has 0 fully saturated rings. The quantitative estimate of drug-likeness (QED) is 0.574. The van der Waals surface area contributed by atoms with E-state index in [1.165, 1.54) is 36.8 Å². The van der Waals surface area contributed by atoms with Crippen LogP contribution in [-0.2, 0) is 0 Å². The Kier molecular flexibility index (Phi) is 5.54. The van der Waals surface area contributed by atoms with Crippen LogP contribution in [0.2, 0.25) is 0 Å². The first-order valence-corrected chi connectivity index (χ1v) is 5.63. The monoisotopic (exact) mass is 200 g/mol. The average molecular weight is 200 g/mol. The van der Waals surface area contributed by atoms with Gasteiger partial charge in [0.25, 0.3) is 0 Å². The van der Waals surface area contributed by atoms with Gasteiger partial charge in [0.2, 0.25) is 0 Å². The van der Waals surface area contributed by atoms with Crippen molar-refractivity contribution in [3.63, 3.8) is 0 Å². The van der Waals surface area contributed by atoms with Crippen molar-refractivity contribution in [2.24, 2.45) is 0 Å². The summed E-state index contributed by atoms with van der Waals surface area (Å²) in [5.41, 5.74) is 2.86. The largest absolute Gasteiger partial charge is 0.0988 e. The molecular formula is C15H20. The molecule has 0 aromatic heterocycles. The van der Waals surface area contributed by atoms with E-state index in [1.807, 2.05) is 6.08 Å². The molecule has 2 aliphatic rings. The first-order valence-electron chi connectivity index (χ1n) is 5.63. The van der Waals surface area contributed by atoms with Crippen molar-refractivity contribution >= 4 is 0 Å². The SMILES string of the molecule is C=CC1=CC=CCC1.CC1=CC=CCC1. The lowest BCUT2D eigenvalue weighted by atomic mass is 10.1. The van der Waals surface area contributed by atoms with Crippen molar-refractivity contribution < 1.29 is 0 Å². The highest BCUT2D eigenvalue weighted by Gasteiger charge is 1.91. The summed E-state index contributed by atoms with van der Waals surface area (Å²) in [7, 11) is 0. The van der Waals surface area contributed by atoms with Crippen molar-refractivity contribution in [2.45, 2.75) is 32.6 Å². The van der Waals surface area contributed by atoms with Gasteiger partial charge in [0.05, 0.1) is 0 Å². The van der Waals surface area contributed by atoms with Gasteiger partial charge in [-0.2, -0.15) is 0 Å². The molecule has 0 heteroatoms. The van der Waals surface area contributed by atoms with Gasteiger partial charge in [-0.1, -0.05) is 54.7 Å². The third-order valence-corrected chi connectivity index (χ3v) is 2.53. The van der Waals surface area contributed by atoms with Crippen LogP contribution in [-0.4, -0.2) is 0 Å². The highest BCUT2D eigenvalue weighted by molar-refractivity contribution is 5.25. The molecule has 0 saturated carbocycles. The van der Waals surface area contributed by atoms with Crippen LogP contribution in [0.4, 0.5) is 0 Å². The fourth-order valence-corrected chi connectivity index (χ4v) is 1.51. The minimum absolute atomic E-state index is 1.17. The van der Waals surface area contributed by atoms with Crippen LogP contribution in [0.1, 0.15) is 32.6 Å². The summed E-state index contributed by atoms with van der Waals surface area (Å²) < 4.78 is 0. The molecule has 2 aliphatic carbocycles. The first-order chi connectivity index (χ1) is 7.33. The predicted molar refractivity (Wildman–Crippen MR) is 68.8 cm³/mol. The molecule has 0 unspecified atom stereocenters. The van der Waals surface area contributed by atoms with E-state index < -0.39 is 0 Å². The molecule has 0 aliphatic heterocycles. The van der Waals surface area contributed by atoms with E-state index in [2.05, 4.69) is 50.0 Å². The van der Waals surface area contributed by atoms with Gasteiger partial charge in [-0.15, -0.1) is 0 Å². The highest BCUT2D eigenvalue weighted by atomic mass is 14.0. The van der Waals surface area contributed by atoms with Gasteiger partial charge >= 0.3 is 0 Å². The van der Waals surface area contributed by atoms with Crippen molar-refractivity contribution in [1.82, 2.24) is 0 Å². The van der Waals surface area contributed by atoms with Crippen molar-refractivity contribution in [3.05, 3.63) is 60.3 Å². The topological polar surface area (TPSA) is 0 Å². The maximum absolute atomic E-state index is 3.68. The maximum Gasteiger partial charge on any atom is -0.0244 e. The Morgan fingerprint density at radius 3 is 2.00 bits per heavy atom.